The van der Waals surface area contributed by atoms with Crippen molar-refractivity contribution in [2.24, 2.45) is 5.92 Å². The maximum absolute atomic E-state index is 14.4. The second-order valence-corrected chi connectivity index (χ2v) is 13.9. The van der Waals surface area contributed by atoms with Crippen LogP contribution in [0.5, 0.6) is 0 Å². The summed E-state index contributed by atoms with van der Waals surface area (Å²) in [5.74, 6) is -1.19. The number of sulfonamides is 1. The predicted molar refractivity (Wildman–Crippen MR) is 179 cm³/mol. The Hall–Kier alpha value is -3.77. The van der Waals surface area contributed by atoms with Crippen molar-refractivity contribution >= 4 is 50.1 Å². The van der Waals surface area contributed by atoms with E-state index < -0.39 is 34.3 Å². The van der Waals surface area contributed by atoms with E-state index in [1.807, 2.05) is 44.2 Å². The van der Waals surface area contributed by atoms with Gasteiger partial charge in [0.2, 0.25) is 11.8 Å². The zero-order chi connectivity index (χ0) is 31.7. The van der Waals surface area contributed by atoms with E-state index in [1.165, 1.54) is 29.2 Å². The average Bonchev–Trinajstić information content (AvgIpc) is 3.02. The van der Waals surface area contributed by atoms with E-state index in [0.717, 1.165) is 13.4 Å². The molecule has 0 radical (unpaired) electrons. The summed E-state index contributed by atoms with van der Waals surface area (Å²) in [4.78, 5) is 29.6. The molecule has 0 saturated heterocycles. The molecule has 44 heavy (non-hydrogen) atoms. The highest BCUT2D eigenvalue weighted by atomic mass is 127. The van der Waals surface area contributed by atoms with Gasteiger partial charge in [0, 0.05) is 23.1 Å². The SMILES string of the molecule is CC(C)CNC(=O)C(Cc1ccccc1)N(Cc1ccc(F)cc1)C(=O)CN(c1ccc(I)cc1)S(=O)(=O)c1ccccc1. The van der Waals surface area contributed by atoms with Crippen LogP contribution in [-0.2, 0) is 32.6 Å². The van der Waals surface area contributed by atoms with Crippen LogP contribution in [0.3, 0.4) is 0 Å². The van der Waals surface area contributed by atoms with Crippen LogP contribution in [0.25, 0.3) is 0 Å². The second kappa shape index (κ2) is 15.3. The van der Waals surface area contributed by atoms with E-state index in [-0.39, 0.29) is 29.7 Å². The van der Waals surface area contributed by atoms with Crippen LogP contribution in [0.15, 0.2) is 114 Å². The Morgan fingerprint density at radius 1 is 0.818 bits per heavy atom. The maximum atomic E-state index is 14.4. The number of halogens is 2. The normalized spacial score (nSPS) is 12.0. The fourth-order valence-corrected chi connectivity index (χ4v) is 6.41. The minimum Gasteiger partial charge on any atom is -0.354 e. The summed E-state index contributed by atoms with van der Waals surface area (Å²) < 4.78 is 43.7. The molecule has 1 unspecified atom stereocenters. The molecule has 1 N–H and O–H groups in total. The number of carbonyl (C=O) groups excluding carboxylic acids is 2. The van der Waals surface area contributed by atoms with Crippen molar-refractivity contribution in [3.8, 4) is 0 Å². The van der Waals surface area contributed by atoms with Gasteiger partial charge in [0.05, 0.1) is 10.6 Å². The first-order valence-electron chi connectivity index (χ1n) is 14.2. The molecule has 10 heteroatoms. The molecule has 0 aliphatic rings. The quantitative estimate of drug-likeness (QED) is 0.170. The van der Waals surface area contributed by atoms with Gasteiger partial charge in [-0.3, -0.25) is 13.9 Å². The Balaban J connectivity index is 1.78. The first kappa shape index (κ1) is 33.1. The van der Waals surface area contributed by atoms with E-state index in [0.29, 0.717) is 17.8 Å². The third-order valence-corrected chi connectivity index (χ3v) is 9.45. The van der Waals surface area contributed by atoms with E-state index in [1.54, 1.807) is 54.6 Å². The fraction of sp³-hybridized carbons (Fsp3) is 0.235. The van der Waals surface area contributed by atoms with Crippen LogP contribution in [0.2, 0.25) is 0 Å². The minimum absolute atomic E-state index is 0.0301. The third kappa shape index (κ3) is 8.88. The Bertz CT molecular complexity index is 1640. The molecule has 1 atom stereocenters. The predicted octanol–water partition coefficient (Wildman–Crippen LogP) is 6.04. The maximum Gasteiger partial charge on any atom is 0.264 e. The highest BCUT2D eigenvalue weighted by molar-refractivity contribution is 14.1. The molecule has 0 aliphatic heterocycles. The summed E-state index contributed by atoms with van der Waals surface area (Å²) in [6, 6.07) is 28.8. The smallest absolute Gasteiger partial charge is 0.264 e. The lowest BCUT2D eigenvalue weighted by atomic mass is 10.0. The number of amides is 2. The minimum atomic E-state index is -4.17. The van der Waals surface area contributed by atoms with Crippen molar-refractivity contribution in [2.75, 3.05) is 17.4 Å². The number of carbonyl (C=O) groups is 2. The summed E-state index contributed by atoms with van der Waals surface area (Å²) in [7, 11) is -4.17. The zero-order valence-corrected chi connectivity index (χ0v) is 27.5. The lowest BCUT2D eigenvalue weighted by Crippen LogP contribution is -2.53. The van der Waals surface area contributed by atoms with Crippen LogP contribution >= 0.6 is 22.6 Å². The molecule has 7 nitrogen and oxygen atoms in total. The molecule has 0 aromatic heterocycles. The summed E-state index contributed by atoms with van der Waals surface area (Å²) in [6.45, 7) is 3.77. The molecule has 2 amide bonds. The van der Waals surface area contributed by atoms with Gasteiger partial charge >= 0.3 is 0 Å². The van der Waals surface area contributed by atoms with E-state index >= 15 is 0 Å². The number of nitrogens with one attached hydrogen (secondary N) is 1. The van der Waals surface area contributed by atoms with E-state index in [9.17, 15) is 22.4 Å². The molecule has 0 fully saturated rings. The summed E-state index contributed by atoms with van der Waals surface area (Å²) >= 11 is 2.13. The van der Waals surface area contributed by atoms with Gasteiger partial charge in [-0.1, -0.05) is 74.5 Å². The van der Waals surface area contributed by atoms with Gasteiger partial charge < -0.3 is 10.2 Å². The zero-order valence-electron chi connectivity index (χ0n) is 24.6. The van der Waals surface area contributed by atoms with Gasteiger partial charge in [-0.25, -0.2) is 12.8 Å². The first-order chi connectivity index (χ1) is 21.0. The number of nitrogens with zero attached hydrogens (tertiary/aromatic N) is 2. The standard InChI is InChI=1S/C34H35FIN3O4S/c1-25(2)22-37-34(41)32(21-26-9-5-3-6-10-26)38(23-27-13-15-28(35)16-14-27)33(40)24-39(30-19-17-29(36)18-20-30)44(42,43)31-11-7-4-8-12-31/h3-20,25,32H,21-24H2,1-2H3,(H,37,41). The van der Waals surface area contributed by atoms with Crippen molar-refractivity contribution in [1.29, 1.82) is 0 Å². The monoisotopic (exact) mass is 727 g/mol. The molecule has 0 saturated carbocycles. The molecule has 230 valence electrons. The average molecular weight is 728 g/mol. The third-order valence-electron chi connectivity index (χ3n) is 6.95. The van der Waals surface area contributed by atoms with Crippen LogP contribution in [0, 0.1) is 15.3 Å². The van der Waals surface area contributed by atoms with E-state index in [4.69, 9.17) is 0 Å². The number of anilines is 1. The van der Waals surface area contributed by atoms with Crippen molar-refractivity contribution in [2.45, 2.75) is 37.8 Å². The van der Waals surface area contributed by atoms with Crippen LogP contribution in [0.4, 0.5) is 10.1 Å². The lowest BCUT2D eigenvalue weighted by Gasteiger charge is -2.34. The molecule has 4 aromatic rings. The highest BCUT2D eigenvalue weighted by Gasteiger charge is 2.34. The molecular formula is C34H35FIN3O4S. The van der Waals surface area contributed by atoms with Gasteiger partial charge in [-0.05, 0) is 88.2 Å². The Morgan fingerprint density at radius 3 is 2.00 bits per heavy atom. The molecule has 0 spiro atoms. The van der Waals surface area contributed by atoms with Crippen molar-refractivity contribution in [1.82, 2.24) is 10.2 Å². The second-order valence-electron chi connectivity index (χ2n) is 10.8. The highest BCUT2D eigenvalue weighted by Crippen LogP contribution is 2.26. The Labute approximate surface area is 272 Å². The summed E-state index contributed by atoms with van der Waals surface area (Å²) in [6.07, 6.45) is 0.201. The number of rotatable bonds is 13. The van der Waals surface area contributed by atoms with Crippen LogP contribution in [0.1, 0.15) is 25.0 Å². The van der Waals surface area contributed by atoms with Gasteiger partial charge in [0.15, 0.2) is 0 Å². The van der Waals surface area contributed by atoms with Crippen molar-refractivity contribution < 1.29 is 22.4 Å². The lowest BCUT2D eigenvalue weighted by molar-refractivity contribution is -0.140. The Kier molecular flexibility index (Phi) is 11.5. The fourth-order valence-electron chi connectivity index (χ4n) is 4.62. The van der Waals surface area contributed by atoms with Gasteiger partial charge in [0.1, 0.15) is 18.4 Å². The summed E-state index contributed by atoms with van der Waals surface area (Å²) in [5, 5.41) is 2.95. The van der Waals surface area contributed by atoms with E-state index in [2.05, 4.69) is 27.9 Å². The van der Waals surface area contributed by atoms with Crippen molar-refractivity contribution in [3.63, 3.8) is 0 Å². The molecule has 0 bridgehead atoms. The van der Waals surface area contributed by atoms with Crippen LogP contribution < -0.4 is 9.62 Å². The van der Waals surface area contributed by atoms with Gasteiger partial charge in [-0.2, -0.15) is 0 Å². The Morgan fingerprint density at radius 2 is 1.41 bits per heavy atom. The first-order valence-corrected chi connectivity index (χ1v) is 16.8. The number of hydrogen-bond acceptors (Lipinski definition) is 4. The topological polar surface area (TPSA) is 86.8 Å². The molecule has 0 heterocycles. The van der Waals surface area contributed by atoms with Crippen molar-refractivity contribution in [3.05, 3.63) is 130 Å². The number of benzene rings is 4. The molecular weight excluding hydrogens is 692 g/mol. The largest absolute Gasteiger partial charge is 0.354 e. The summed E-state index contributed by atoms with van der Waals surface area (Å²) in [5.41, 5.74) is 1.75. The van der Waals surface area contributed by atoms with Crippen LogP contribution in [-0.4, -0.2) is 44.3 Å². The van der Waals surface area contributed by atoms with Gasteiger partial charge in [-0.15, -0.1) is 0 Å². The molecule has 0 aliphatic carbocycles. The number of hydrogen-bond donors (Lipinski definition) is 1. The van der Waals surface area contributed by atoms with Gasteiger partial charge in [0.25, 0.3) is 10.0 Å². The molecule has 4 rings (SSSR count). The molecule has 4 aromatic carbocycles.